The molecule has 4 heteroatoms. The number of carbonyl (C=O) groups is 2. The Morgan fingerprint density at radius 1 is 1.16 bits per heavy atom. The largest absolute Gasteiger partial charge is 0.481 e. The van der Waals surface area contributed by atoms with Crippen molar-refractivity contribution < 1.29 is 14.7 Å². The predicted octanol–water partition coefficient (Wildman–Crippen LogP) is 2.52. The number of aliphatic carboxylic acids is 1. The molecule has 1 amide bonds. The van der Waals surface area contributed by atoms with E-state index < -0.39 is 11.9 Å². The molecule has 0 radical (unpaired) electrons. The number of hydrogen-bond acceptors (Lipinski definition) is 2. The zero-order valence-corrected chi connectivity index (χ0v) is 12.0. The van der Waals surface area contributed by atoms with Gasteiger partial charge in [0.1, 0.15) is 0 Å². The van der Waals surface area contributed by atoms with Gasteiger partial charge in [0, 0.05) is 12.6 Å². The smallest absolute Gasteiger partial charge is 0.307 e. The topological polar surface area (TPSA) is 57.6 Å². The molecule has 4 nitrogen and oxygen atoms in total. The summed E-state index contributed by atoms with van der Waals surface area (Å²) in [6.07, 6.45) is 5.47. The summed E-state index contributed by atoms with van der Waals surface area (Å²) >= 11 is 0. The van der Waals surface area contributed by atoms with E-state index in [9.17, 15) is 14.7 Å². The molecule has 0 aliphatic heterocycles. The van der Waals surface area contributed by atoms with E-state index >= 15 is 0 Å². The monoisotopic (exact) mass is 267 g/mol. The number of rotatable bonds is 6. The quantitative estimate of drug-likeness (QED) is 0.804. The van der Waals surface area contributed by atoms with E-state index in [1.807, 2.05) is 4.90 Å². The van der Waals surface area contributed by atoms with Gasteiger partial charge in [0.15, 0.2) is 0 Å². The second kappa shape index (κ2) is 5.93. The zero-order valence-electron chi connectivity index (χ0n) is 12.0. The highest BCUT2D eigenvalue weighted by Gasteiger charge is 2.42. The summed E-state index contributed by atoms with van der Waals surface area (Å²) in [6.45, 7) is 5.11. The van der Waals surface area contributed by atoms with Crippen molar-refractivity contribution in [2.24, 2.45) is 17.8 Å². The van der Waals surface area contributed by atoms with Crippen LogP contribution in [0.25, 0.3) is 0 Å². The fourth-order valence-corrected chi connectivity index (χ4v) is 3.02. The molecular formula is C15H25NO3. The second-order valence-corrected chi connectivity index (χ2v) is 6.43. The van der Waals surface area contributed by atoms with Crippen molar-refractivity contribution in [1.82, 2.24) is 4.90 Å². The number of amides is 1. The third kappa shape index (κ3) is 3.48. The Morgan fingerprint density at radius 3 is 2.32 bits per heavy atom. The summed E-state index contributed by atoms with van der Waals surface area (Å²) < 4.78 is 0. The van der Waals surface area contributed by atoms with Crippen molar-refractivity contribution in [3.8, 4) is 0 Å². The molecular weight excluding hydrogens is 242 g/mol. The van der Waals surface area contributed by atoms with Gasteiger partial charge in [-0.25, -0.2) is 0 Å². The maximum Gasteiger partial charge on any atom is 0.307 e. The number of carboxylic acids is 1. The zero-order chi connectivity index (χ0) is 14.0. The van der Waals surface area contributed by atoms with E-state index in [0.717, 1.165) is 38.6 Å². The highest BCUT2D eigenvalue weighted by molar-refractivity contribution is 5.85. The van der Waals surface area contributed by atoms with E-state index in [2.05, 4.69) is 13.8 Å². The molecule has 0 unspecified atom stereocenters. The third-order valence-electron chi connectivity index (χ3n) is 4.37. The second-order valence-electron chi connectivity index (χ2n) is 6.43. The van der Waals surface area contributed by atoms with E-state index in [0.29, 0.717) is 18.4 Å². The molecule has 0 bridgehead atoms. The van der Waals surface area contributed by atoms with Crippen LogP contribution < -0.4 is 0 Å². The summed E-state index contributed by atoms with van der Waals surface area (Å²) in [5, 5.41) is 9.22. The average Bonchev–Trinajstić information content (AvgIpc) is 3.04. The van der Waals surface area contributed by atoms with Crippen LogP contribution in [0.5, 0.6) is 0 Å². The summed E-state index contributed by atoms with van der Waals surface area (Å²) in [5.41, 5.74) is 0. The van der Waals surface area contributed by atoms with E-state index in [1.54, 1.807) is 0 Å². The van der Waals surface area contributed by atoms with E-state index in [4.69, 9.17) is 0 Å². The van der Waals surface area contributed by atoms with Crippen LogP contribution in [0.3, 0.4) is 0 Å². The van der Waals surface area contributed by atoms with Crippen molar-refractivity contribution in [2.45, 2.75) is 58.4 Å². The molecule has 19 heavy (non-hydrogen) atoms. The fraction of sp³-hybridized carbons (Fsp3) is 0.867. The number of nitrogens with zero attached hydrogens (tertiary/aromatic N) is 1. The molecule has 0 aromatic carbocycles. The first kappa shape index (κ1) is 14.4. The van der Waals surface area contributed by atoms with Crippen molar-refractivity contribution in [2.75, 3.05) is 6.54 Å². The summed E-state index contributed by atoms with van der Waals surface area (Å²) in [4.78, 5) is 25.8. The van der Waals surface area contributed by atoms with Gasteiger partial charge < -0.3 is 10.0 Å². The molecule has 2 aliphatic rings. The first-order valence-corrected chi connectivity index (χ1v) is 7.54. The van der Waals surface area contributed by atoms with Crippen LogP contribution in [-0.4, -0.2) is 34.5 Å². The fourth-order valence-electron chi connectivity index (χ4n) is 3.02. The van der Waals surface area contributed by atoms with E-state index in [-0.39, 0.29) is 11.8 Å². The lowest BCUT2D eigenvalue weighted by atomic mass is 9.94. The van der Waals surface area contributed by atoms with Gasteiger partial charge in [0.2, 0.25) is 5.91 Å². The third-order valence-corrected chi connectivity index (χ3v) is 4.37. The summed E-state index contributed by atoms with van der Waals surface area (Å²) in [6, 6.07) is 0.390. The molecule has 2 saturated carbocycles. The number of carbonyl (C=O) groups excluding carboxylic acids is 1. The van der Waals surface area contributed by atoms with Crippen LogP contribution in [0.1, 0.15) is 52.4 Å². The lowest BCUT2D eigenvalue weighted by molar-refractivity contribution is -0.149. The molecule has 2 fully saturated rings. The van der Waals surface area contributed by atoms with Crippen LogP contribution >= 0.6 is 0 Å². The van der Waals surface area contributed by atoms with Crippen molar-refractivity contribution in [1.29, 1.82) is 0 Å². The standard InChI is InChI=1S/C15H25NO3/c1-10(2)8-9-16(11-6-7-11)14(17)12-4-3-5-13(12)15(18)19/h10-13H,3-9H2,1-2H3,(H,18,19)/t12-,13+/m1/s1. The molecule has 0 aromatic rings. The van der Waals surface area contributed by atoms with Gasteiger partial charge in [-0.15, -0.1) is 0 Å². The Morgan fingerprint density at radius 2 is 1.79 bits per heavy atom. The van der Waals surface area contributed by atoms with Gasteiger partial charge in [-0.1, -0.05) is 20.3 Å². The molecule has 1 N–H and O–H groups in total. The summed E-state index contributed by atoms with van der Waals surface area (Å²) in [5.74, 6) is -0.838. The Bertz CT molecular complexity index is 349. The maximum atomic E-state index is 12.6. The van der Waals surface area contributed by atoms with Crippen LogP contribution in [0, 0.1) is 17.8 Å². The minimum Gasteiger partial charge on any atom is -0.481 e. The highest BCUT2D eigenvalue weighted by Crippen LogP contribution is 2.36. The lowest BCUT2D eigenvalue weighted by Crippen LogP contribution is -2.41. The van der Waals surface area contributed by atoms with Crippen molar-refractivity contribution in [3.63, 3.8) is 0 Å². The highest BCUT2D eigenvalue weighted by atomic mass is 16.4. The Balaban J connectivity index is 2.00. The molecule has 0 heterocycles. The van der Waals surface area contributed by atoms with Gasteiger partial charge in [-0.2, -0.15) is 0 Å². The van der Waals surface area contributed by atoms with Gasteiger partial charge in [0.25, 0.3) is 0 Å². The minimum atomic E-state index is -0.796. The van der Waals surface area contributed by atoms with Gasteiger partial charge in [-0.05, 0) is 38.0 Å². The first-order valence-electron chi connectivity index (χ1n) is 7.54. The van der Waals surface area contributed by atoms with Crippen molar-refractivity contribution in [3.05, 3.63) is 0 Å². The van der Waals surface area contributed by atoms with E-state index in [1.165, 1.54) is 0 Å². The number of carboxylic acid groups (broad SMARTS) is 1. The van der Waals surface area contributed by atoms with Crippen LogP contribution in [-0.2, 0) is 9.59 Å². The van der Waals surface area contributed by atoms with Crippen molar-refractivity contribution >= 4 is 11.9 Å². The molecule has 0 aromatic heterocycles. The number of hydrogen-bond donors (Lipinski definition) is 1. The lowest BCUT2D eigenvalue weighted by Gasteiger charge is -2.28. The maximum absolute atomic E-state index is 12.6. The van der Waals surface area contributed by atoms with Gasteiger partial charge >= 0.3 is 5.97 Å². The van der Waals surface area contributed by atoms with Gasteiger partial charge in [-0.3, -0.25) is 9.59 Å². The molecule has 0 spiro atoms. The predicted molar refractivity (Wildman–Crippen MR) is 72.7 cm³/mol. The molecule has 108 valence electrons. The average molecular weight is 267 g/mol. The van der Waals surface area contributed by atoms with Crippen LogP contribution in [0.15, 0.2) is 0 Å². The summed E-state index contributed by atoms with van der Waals surface area (Å²) in [7, 11) is 0. The Labute approximate surface area is 115 Å². The molecule has 0 saturated heterocycles. The van der Waals surface area contributed by atoms with Gasteiger partial charge in [0.05, 0.1) is 11.8 Å². The molecule has 2 rings (SSSR count). The molecule has 2 atom stereocenters. The Hall–Kier alpha value is -1.06. The van der Waals surface area contributed by atoms with Crippen LogP contribution in [0.2, 0.25) is 0 Å². The SMILES string of the molecule is CC(C)CCN(C(=O)[C@@H]1CCC[C@@H]1C(=O)O)C1CC1. The minimum absolute atomic E-state index is 0.105. The normalized spacial score (nSPS) is 26.7. The molecule has 2 aliphatic carbocycles. The van der Waals surface area contributed by atoms with Crippen LogP contribution in [0.4, 0.5) is 0 Å². The Kier molecular flexibility index (Phi) is 4.48. The first-order chi connectivity index (χ1) is 9.00.